The van der Waals surface area contributed by atoms with E-state index < -0.39 is 11.4 Å². The van der Waals surface area contributed by atoms with Gasteiger partial charge in [-0.1, -0.05) is 18.6 Å². The van der Waals surface area contributed by atoms with Gasteiger partial charge in [-0.15, -0.1) is 0 Å². The largest absolute Gasteiger partial charge is 0.481 e. The van der Waals surface area contributed by atoms with Crippen molar-refractivity contribution in [3.63, 3.8) is 0 Å². The number of urea groups is 1. The fraction of sp³-hybridized carbons (Fsp3) is 0.550. The second kappa shape index (κ2) is 6.87. The van der Waals surface area contributed by atoms with Crippen molar-refractivity contribution in [1.29, 1.82) is 0 Å². The van der Waals surface area contributed by atoms with Crippen molar-refractivity contribution >= 4 is 23.6 Å². The van der Waals surface area contributed by atoms with E-state index in [0.29, 0.717) is 32.5 Å². The summed E-state index contributed by atoms with van der Waals surface area (Å²) in [6.45, 7) is 1.90. The number of fused-ring (bicyclic) bond motifs is 1. The van der Waals surface area contributed by atoms with Gasteiger partial charge in [-0.2, -0.15) is 0 Å². The topological polar surface area (TPSA) is 90.0 Å². The lowest BCUT2D eigenvalue weighted by Crippen LogP contribution is -2.41. The van der Waals surface area contributed by atoms with Crippen LogP contribution in [-0.4, -0.2) is 47.5 Å². The highest BCUT2D eigenvalue weighted by Gasteiger charge is 2.55. The molecule has 1 aromatic rings. The summed E-state index contributed by atoms with van der Waals surface area (Å²) in [4.78, 5) is 39.7. The van der Waals surface area contributed by atoms with E-state index in [1.165, 1.54) is 0 Å². The van der Waals surface area contributed by atoms with E-state index in [1.54, 1.807) is 9.80 Å². The van der Waals surface area contributed by atoms with Crippen LogP contribution in [0.2, 0.25) is 0 Å². The molecule has 2 atom stereocenters. The van der Waals surface area contributed by atoms with Gasteiger partial charge in [0.25, 0.3) is 0 Å². The quantitative estimate of drug-likeness (QED) is 0.849. The Balaban J connectivity index is 1.38. The molecule has 0 radical (unpaired) electrons. The number of nitrogens with one attached hydrogen (secondary N) is 1. The van der Waals surface area contributed by atoms with E-state index in [-0.39, 0.29) is 17.9 Å². The first-order valence-corrected chi connectivity index (χ1v) is 9.65. The Hall–Kier alpha value is -2.57. The number of rotatable bonds is 4. The third-order valence-electron chi connectivity index (χ3n) is 6.32. The molecule has 3 amide bonds. The third kappa shape index (κ3) is 3.15. The second-order valence-electron chi connectivity index (χ2n) is 7.91. The van der Waals surface area contributed by atoms with Crippen molar-refractivity contribution in [3.05, 3.63) is 29.8 Å². The van der Waals surface area contributed by atoms with Crippen LogP contribution >= 0.6 is 0 Å². The molecule has 3 aliphatic rings. The van der Waals surface area contributed by atoms with Gasteiger partial charge in [-0.25, -0.2) is 4.79 Å². The lowest BCUT2D eigenvalue weighted by atomic mass is 9.81. The van der Waals surface area contributed by atoms with Gasteiger partial charge in [0.2, 0.25) is 5.91 Å². The number of nitrogens with zero attached hydrogens (tertiary/aromatic N) is 2. The second-order valence-corrected chi connectivity index (χ2v) is 7.91. The van der Waals surface area contributed by atoms with Gasteiger partial charge in [0, 0.05) is 38.3 Å². The van der Waals surface area contributed by atoms with Crippen LogP contribution in [0, 0.1) is 11.3 Å². The van der Waals surface area contributed by atoms with Crippen molar-refractivity contribution in [2.45, 2.75) is 38.6 Å². The maximum Gasteiger partial charge on any atom is 0.317 e. The van der Waals surface area contributed by atoms with Crippen molar-refractivity contribution in [1.82, 2.24) is 10.2 Å². The lowest BCUT2D eigenvalue weighted by molar-refractivity contribution is -0.149. The van der Waals surface area contributed by atoms with Crippen molar-refractivity contribution < 1.29 is 19.5 Å². The molecule has 3 fully saturated rings. The monoisotopic (exact) mass is 371 g/mol. The van der Waals surface area contributed by atoms with Gasteiger partial charge in [0.05, 0.1) is 5.41 Å². The zero-order valence-electron chi connectivity index (χ0n) is 15.3. The Bertz CT molecular complexity index is 780. The number of aliphatic carboxylic acids is 1. The number of hydrogen-bond acceptors (Lipinski definition) is 3. The van der Waals surface area contributed by atoms with Crippen LogP contribution < -0.4 is 10.2 Å². The Kier molecular flexibility index (Phi) is 4.53. The summed E-state index contributed by atoms with van der Waals surface area (Å²) >= 11 is 0. The van der Waals surface area contributed by atoms with Gasteiger partial charge in [-0.3, -0.25) is 9.59 Å². The van der Waals surface area contributed by atoms with Crippen molar-refractivity contribution in [2.75, 3.05) is 24.5 Å². The Labute approximate surface area is 158 Å². The molecule has 2 aliphatic heterocycles. The average Bonchev–Trinajstić information content (AvgIpc) is 3.33. The normalized spacial score (nSPS) is 27.1. The van der Waals surface area contributed by atoms with Gasteiger partial charge >= 0.3 is 12.0 Å². The molecule has 1 saturated carbocycles. The van der Waals surface area contributed by atoms with E-state index in [9.17, 15) is 19.5 Å². The molecule has 7 heteroatoms. The Morgan fingerprint density at radius 3 is 2.85 bits per heavy atom. The van der Waals surface area contributed by atoms with Crippen molar-refractivity contribution in [2.24, 2.45) is 11.3 Å². The zero-order valence-corrected chi connectivity index (χ0v) is 15.3. The smallest absolute Gasteiger partial charge is 0.317 e. The molecule has 0 spiro atoms. The van der Waals surface area contributed by atoms with Gasteiger partial charge < -0.3 is 20.2 Å². The van der Waals surface area contributed by atoms with E-state index >= 15 is 0 Å². The maximum atomic E-state index is 12.6. The molecule has 2 saturated heterocycles. The number of carboxylic acids is 1. The molecule has 0 aromatic heterocycles. The molecular weight excluding hydrogens is 346 g/mol. The number of carboxylic acid groups (broad SMARTS) is 1. The first-order chi connectivity index (χ1) is 13.0. The van der Waals surface area contributed by atoms with Crippen LogP contribution in [0.4, 0.5) is 10.5 Å². The van der Waals surface area contributed by atoms with Crippen LogP contribution in [0.15, 0.2) is 24.3 Å². The van der Waals surface area contributed by atoms with Gasteiger partial charge in [-0.05, 0) is 42.9 Å². The molecule has 7 nitrogen and oxygen atoms in total. The van der Waals surface area contributed by atoms with Crippen LogP contribution in [0.1, 0.15) is 37.7 Å². The minimum atomic E-state index is -0.775. The first kappa shape index (κ1) is 17.8. The Morgan fingerprint density at radius 2 is 2.15 bits per heavy atom. The summed E-state index contributed by atoms with van der Waals surface area (Å²) in [5.74, 6) is -0.577. The molecule has 4 rings (SSSR count). The highest BCUT2D eigenvalue weighted by Crippen LogP contribution is 2.48. The van der Waals surface area contributed by atoms with E-state index in [4.69, 9.17) is 0 Å². The minimum absolute atomic E-state index is 0.0604. The highest BCUT2D eigenvalue weighted by atomic mass is 16.4. The summed E-state index contributed by atoms with van der Waals surface area (Å²) < 4.78 is 0. The standard InChI is InChI=1S/C20H25N3O4/c24-17-7-3-9-23(17)16-6-1-4-14(10-16)11-21-19(27)22-12-15-5-2-8-20(15,13-22)18(25)26/h1,4,6,10,15H,2-3,5,7-9,11-13H2,(H,21,27)(H,25,26)/t15-,20+/m0/s1. The number of hydrogen-bond donors (Lipinski definition) is 2. The van der Waals surface area contributed by atoms with Crippen molar-refractivity contribution in [3.8, 4) is 0 Å². The molecule has 0 bridgehead atoms. The molecular formula is C20H25N3O4. The molecule has 0 unspecified atom stereocenters. The van der Waals surface area contributed by atoms with E-state index in [1.807, 2.05) is 24.3 Å². The van der Waals surface area contributed by atoms with Gasteiger partial charge in [0.1, 0.15) is 0 Å². The predicted molar refractivity (Wildman–Crippen MR) is 99.2 cm³/mol. The molecule has 1 aliphatic carbocycles. The van der Waals surface area contributed by atoms with Crippen LogP contribution in [-0.2, 0) is 16.1 Å². The van der Waals surface area contributed by atoms with E-state index in [0.717, 1.165) is 37.1 Å². The minimum Gasteiger partial charge on any atom is -0.481 e. The van der Waals surface area contributed by atoms with Crippen LogP contribution in [0.3, 0.4) is 0 Å². The summed E-state index contributed by atoms with van der Waals surface area (Å²) in [5, 5.41) is 12.6. The number of likely N-dealkylation sites (tertiary alicyclic amines) is 1. The average molecular weight is 371 g/mol. The third-order valence-corrected chi connectivity index (χ3v) is 6.32. The Morgan fingerprint density at radius 1 is 1.30 bits per heavy atom. The maximum absolute atomic E-state index is 12.6. The molecule has 1 aromatic carbocycles. The van der Waals surface area contributed by atoms with E-state index in [2.05, 4.69) is 5.32 Å². The number of carbonyl (C=O) groups excluding carboxylic acids is 2. The molecule has 2 heterocycles. The van der Waals surface area contributed by atoms with Gasteiger partial charge in [0.15, 0.2) is 0 Å². The number of benzene rings is 1. The summed E-state index contributed by atoms with van der Waals surface area (Å²) in [6, 6.07) is 7.44. The summed E-state index contributed by atoms with van der Waals surface area (Å²) in [6.07, 6.45) is 3.92. The lowest BCUT2D eigenvalue weighted by Gasteiger charge is -2.23. The fourth-order valence-electron chi connectivity index (χ4n) is 4.84. The molecule has 2 N–H and O–H groups in total. The van der Waals surface area contributed by atoms with Crippen LogP contribution in [0.25, 0.3) is 0 Å². The summed E-state index contributed by atoms with van der Waals surface area (Å²) in [5.41, 5.74) is 1.03. The summed E-state index contributed by atoms with van der Waals surface area (Å²) in [7, 11) is 0. The number of carbonyl (C=O) groups is 3. The fourth-order valence-corrected chi connectivity index (χ4v) is 4.84. The molecule has 144 valence electrons. The highest BCUT2D eigenvalue weighted by molar-refractivity contribution is 5.95. The van der Waals surface area contributed by atoms with Crippen LogP contribution in [0.5, 0.6) is 0 Å². The molecule has 27 heavy (non-hydrogen) atoms. The SMILES string of the molecule is O=C(NCc1cccc(N2CCCC2=O)c1)N1C[C@@H]2CCC[C@@]2(C(=O)O)C1. The predicted octanol–water partition coefficient (Wildman–Crippen LogP) is 2.21. The zero-order chi connectivity index (χ0) is 19.0. The number of anilines is 1. The first-order valence-electron chi connectivity index (χ1n) is 9.65. The number of amides is 3.